The molecule has 4 aliphatic rings. The molecule has 4 atom stereocenters. The van der Waals surface area contributed by atoms with Crippen molar-refractivity contribution >= 4 is 61.9 Å². The van der Waals surface area contributed by atoms with Gasteiger partial charge in [0.25, 0.3) is 0 Å². The number of carbonyl (C=O) groups is 4. The zero-order chi connectivity index (χ0) is 25.2. The molecule has 1 fully saturated rings. The third-order valence-electron chi connectivity index (χ3n) is 7.47. The molecule has 7 nitrogen and oxygen atoms in total. The molecule has 2 amide bonds. The van der Waals surface area contributed by atoms with E-state index in [1.165, 1.54) is 18.1 Å². The van der Waals surface area contributed by atoms with E-state index in [1.54, 1.807) is 12.1 Å². The van der Waals surface area contributed by atoms with E-state index in [0.717, 1.165) is 5.57 Å². The van der Waals surface area contributed by atoms with Gasteiger partial charge in [-0.05, 0) is 81.4 Å². The minimum atomic E-state index is -0.579. The Hall–Kier alpha value is -2.27. The second kappa shape index (κ2) is 8.99. The Bertz CT molecular complexity index is 1290. The Morgan fingerprint density at radius 1 is 1.17 bits per heavy atom. The predicted octanol–water partition coefficient (Wildman–Crippen LogP) is 4.18. The van der Waals surface area contributed by atoms with Crippen molar-refractivity contribution in [1.82, 2.24) is 4.90 Å². The summed E-state index contributed by atoms with van der Waals surface area (Å²) in [5, 5.41) is 10.4. The molecule has 1 aliphatic heterocycles. The fourth-order valence-corrected chi connectivity index (χ4v) is 7.08. The molecule has 0 aromatic heterocycles. The summed E-state index contributed by atoms with van der Waals surface area (Å²) in [6.45, 7) is 2.30. The molecular weight excluding hydrogens is 629 g/mol. The van der Waals surface area contributed by atoms with Gasteiger partial charge in [-0.1, -0.05) is 18.6 Å². The number of nitrogens with zero attached hydrogens (tertiary/aromatic N) is 1. The number of hydrogen-bond acceptors (Lipinski definition) is 6. The Labute approximate surface area is 224 Å². The van der Waals surface area contributed by atoms with Gasteiger partial charge in [-0.25, -0.2) is 0 Å². The topological polar surface area (TPSA) is 101 Å². The second-order valence-corrected chi connectivity index (χ2v) is 11.3. The molecule has 0 radical (unpaired) electrons. The first-order chi connectivity index (χ1) is 16.7. The Morgan fingerprint density at radius 2 is 1.91 bits per heavy atom. The van der Waals surface area contributed by atoms with Crippen LogP contribution in [0.15, 0.2) is 45.5 Å². The number of aromatic hydroxyl groups is 1. The Kier molecular flexibility index (Phi) is 6.27. The fourth-order valence-electron chi connectivity index (χ4n) is 6.01. The summed E-state index contributed by atoms with van der Waals surface area (Å²) < 4.78 is 6.11. The number of Topliss-reactive ketones (excluding diaryl/α,β-unsaturated/α-hetero) is 1. The number of hydrogen-bond donors (Lipinski definition) is 1. The molecule has 0 saturated carbocycles. The third kappa shape index (κ3) is 3.64. The van der Waals surface area contributed by atoms with Gasteiger partial charge in [0.15, 0.2) is 23.1 Å². The van der Waals surface area contributed by atoms with E-state index < -0.39 is 17.8 Å². The molecule has 0 bridgehead atoms. The van der Waals surface area contributed by atoms with Crippen molar-refractivity contribution in [1.29, 1.82) is 0 Å². The maximum Gasteiger partial charge on any atom is 0.233 e. The van der Waals surface area contributed by atoms with Gasteiger partial charge in [-0.2, -0.15) is 0 Å². The minimum absolute atomic E-state index is 0.00318. The van der Waals surface area contributed by atoms with Crippen LogP contribution in [0.3, 0.4) is 0 Å². The number of fused-ring (bicyclic) bond motifs is 3. The van der Waals surface area contributed by atoms with Crippen LogP contribution in [-0.4, -0.2) is 47.0 Å². The van der Waals surface area contributed by atoms with Crippen LogP contribution in [0.4, 0.5) is 0 Å². The Morgan fingerprint density at radius 3 is 2.60 bits per heavy atom. The highest BCUT2D eigenvalue weighted by atomic mass is 127. The van der Waals surface area contributed by atoms with Gasteiger partial charge in [0.1, 0.15) is 0 Å². The van der Waals surface area contributed by atoms with Crippen molar-refractivity contribution < 1.29 is 29.0 Å². The number of carbonyl (C=O) groups excluding carboxylic acids is 4. The smallest absolute Gasteiger partial charge is 0.233 e. The monoisotopic (exact) mass is 651 g/mol. The van der Waals surface area contributed by atoms with Gasteiger partial charge >= 0.3 is 0 Å². The van der Waals surface area contributed by atoms with Gasteiger partial charge in [-0.15, -0.1) is 0 Å². The zero-order valence-electron chi connectivity index (χ0n) is 19.1. The maximum absolute atomic E-state index is 13.4. The van der Waals surface area contributed by atoms with E-state index in [1.807, 2.05) is 35.6 Å². The van der Waals surface area contributed by atoms with E-state index in [9.17, 15) is 24.3 Å². The van der Waals surface area contributed by atoms with Crippen molar-refractivity contribution in [2.24, 2.45) is 17.8 Å². The summed E-state index contributed by atoms with van der Waals surface area (Å²) in [6.07, 6.45) is 4.61. The zero-order valence-corrected chi connectivity index (χ0v) is 22.9. The number of amides is 2. The Balaban J connectivity index is 1.70. The predicted molar refractivity (Wildman–Crippen MR) is 139 cm³/mol. The van der Waals surface area contributed by atoms with Crippen molar-refractivity contribution in [3.8, 4) is 11.5 Å². The van der Waals surface area contributed by atoms with Crippen LogP contribution >= 0.6 is 38.5 Å². The summed E-state index contributed by atoms with van der Waals surface area (Å²) in [7, 11) is 1.45. The molecule has 1 aromatic rings. The lowest BCUT2D eigenvalue weighted by Crippen LogP contribution is -2.39. The number of allylic oxidation sites excluding steroid dienone is 6. The van der Waals surface area contributed by atoms with E-state index in [4.69, 9.17) is 4.74 Å². The first kappa shape index (κ1) is 24.4. The number of halogens is 2. The summed E-state index contributed by atoms with van der Waals surface area (Å²) >= 11 is 5.23. The van der Waals surface area contributed by atoms with Crippen LogP contribution in [0.25, 0.3) is 0 Å². The molecule has 182 valence electrons. The lowest BCUT2D eigenvalue weighted by Gasteiger charge is -2.42. The fraction of sp³-hybridized carbons (Fsp3) is 0.385. The molecule has 35 heavy (non-hydrogen) atoms. The SMILES string of the molecule is CCCN1C(=O)[C@H]2[C@H](CC=C3[C@H](c4cc(I)c(O)c(OC)c4)C4=C(C[C@H]32)C(=O)C(Br)=CC4=O)C1=O. The molecular formula is C26H23BrINO6. The first-order valence-electron chi connectivity index (χ1n) is 11.5. The third-order valence-corrected chi connectivity index (χ3v) is 8.89. The number of methoxy groups -OCH3 is 1. The highest BCUT2D eigenvalue weighted by Crippen LogP contribution is 2.56. The first-order valence-corrected chi connectivity index (χ1v) is 13.4. The van der Waals surface area contributed by atoms with Gasteiger partial charge in [0, 0.05) is 29.7 Å². The average molecular weight is 652 g/mol. The summed E-state index contributed by atoms with van der Waals surface area (Å²) in [5.74, 6) is -2.58. The number of phenols is 1. The lowest BCUT2D eigenvalue weighted by molar-refractivity contribution is -0.140. The van der Waals surface area contributed by atoms with Crippen molar-refractivity contribution in [2.45, 2.75) is 32.1 Å². The summed E-state index contributed by atoms with van der Waals surface area (Å²) in [6, 6.07) is 3.46. The molecule has 3 aliphatic carbocycles. The quantitative estimate of drug-likeness (QED) is 0.227. The normalized spacial score (nSPS) is 27.9. The number of benzene rings is 1. The molecule has 1 N–H and O–H groups in total. The van der Waals surface area contributed by atoms with Crippen LogP contribution < -0.4 is 4.74 Å². The van der Waals surface area contributed by atoms with E-state index in [2.05, 4.69) is 15.9 Å². The van der Waals surface area contributed by atoms with Gasteiger partial charge in [-0.3, -0.25) is 24.1 Å². The van der Waals surface area contributed by atoms with Crippen LogP contribution in [0, 0.1) is 21.3 Å². The number of ketones is 2. The van der Waals surface area contributed by atoms with E-state index in [0.29, 0.717) is 39.7 Å². The molecule has 1 saturated heterocycles. The number of imide groups is 1. The van der Waals surface area contributed by atoms with Gasteiger partial charge in [0.05, 0.1) is 27.0 Å². The number of likely N-dealkylation sites (tertiary alicyclic amines) is 1. The summed E-state index contributed by atoms with van der Waals surface area (Å²) in [4.78, 5) is 54.4. The van der Waals surface area contributed by atoms with Crippen molar-refractivity contribution in [3.63, 3.8) is 0 Å². The molecule has 1 heterocycles. The van der Waals surface area contributed by atoms with Crippen LogP contribution in [0.1, 0.15) is 37.7 Å². The van der Waals surface area contributed by atoms with Gasteiger partial charge in [0.2, 0.25) is 11.8 Å². The number of ether oxygens (including phenoxy) is 1. The van der Waals surface area contributed by atoms with Crippen molar-refractivity contribution in [3.05, 3.63) is 54.6 Å². The van der Waals surface area contributed by atoms with Crippen LogP contribution in [-0.2, 0) is 19.2 Å². The molecule has 0 spiro atoms. The van der Waals surface area contributed by atoms with Crippen LogP contribution in [0.2, 0.25) is 0 Å². The lowest BCUT2D eigenvalue weighted by atomic mass is 9.59. The van der Waals surface area contributed by atoms with E-state index in [-0.39, 0.29) is 51.7 Å². The molecule has 0 unspecified atom stereocenters. The average Bonchev–Trinajstić information content (AvgIpc) is 3.08. The number of phenolic OH excluding ortho intramolecular Hbond substituents is 1. The maximum atomic E-state index is 13.4. The van der Waals surface area contributed by atoms with Crippen molar-refractivity contribution in [2.75, 3.05) is 13.7 Å². The van der Waals surface area contributed by atoms with Crippen LogP contribution in [0.5, 0.6) is 11.5 Å². The minimum Gasteiger partial charge on any atom is -0.504 e. The highest BCUT2D eigenvalue weighted by molar-refractivity contribution is 14.1. The summed E-state index contributed by atoms with van der Waals surface area (Å²) in [5.41, 5.74) is 2.35. The second-order valence-electron chi connectivity index (χ2n) is 9.28. The molecule has 9 heteroatoms. The standard InChI is InChI=1S/C26H23BrINO6/c1-3-6-29-25(33)13-5-4-12-14(21(13)26(29)34)9-15-22(18(30)10-16(27)23(15)31)20(12)11-7-17(28)24(32)19(8-11)35-2/h4,7-8,10,13-14,20-21,32H,3,5-6,9H2,1-2H3/t13-,14+,20-,21-/m0/s1. The highest BCUT2D eigenvalue weighted by Gasteiger charge is 2.56. The number of rotatable bonds is 4. The van der Waals surface area contributed by atoms with E-state index >= 15 is 0 Å². The molecule has 5 rings (SSSR count). The largest absolute Gasteiger partial charge is 0.504 e. The van der Waals surface area contributed by atoms with Gasteiger partial charge < -0.3 is 9.84 Å². The molecule has 1 aromatic carbocycles.